The van der Waals surface area contributed by atoms with E-state index < -0.39 is 0 Å². The smallest absolute Gasteiger partial charge is 0.223 e. The third-order valence-corrected chi connectivity index (χ3v) is 6.19. The minimum atomic E-state index is 0.0314. The summed E-state index contributed by atoms with van der Waals surface area (Å²) in [6.45, 7) is 0.784. The maximum Gasteiger partial charge on any atom is 0.223 e. The fraction of sp³-hybridized carbons (Fsp3) is 0.227. The van der Waals surface area contributed by atoms with Gasteiger partial charge in [0.05, 0.1) is 6.04 Å². The minimum Gasteiger partial charge on any atom is -0.331 e. The number of thiophene rings is 1. The molecular formula is C22H20ClNOS. The maximum absolute atomic E-state index is 13.1. The third-order valence-electron chi connectivity index (χ3n) is 4.94. The van der Waals surface area contributed by atoms with E-state index in [0.29, 0.717) is 6.42 Å². The van der Waals surface area contributed by atoms with Gasteiger partial charge in [-0.3, -0.25) is 4.79 Å². The van der Waals surface area contributed by atoms with Gasteiger partial charge in [0.1, 0.15) is 0 Å². The van der Waals surface area contributed by atoms with Crippen molar-refractivity contribution in [3.05, 3.63) is 92.6 Å². The van der Waals surface area contributed by atoms with Gasteiger partial charge in [0.15, 0.2) is 0 Å². The van der Waals surface area contributed by atoms with Crippen LogP contribution in [-0.2, 0) is 17.6 Å². The quantitative estimate of drug-likeness (QED) is 0.583. The molecule has 0 saturated carbocycles. The highest BCUT2D eigenvalue weighted by atomic mass is 35.5. The number of carbonyl (C=O) groups is 1. The second-order valence-corrected chi connectivity index (χ2v) is 8.01. The molecule has 0 N–H and O–H groups in total. The van der Waals surface area contributed by atoms with E-state index in [9.17, 15) is 4.79 Å². The Labute approximate surface area is 163 Å². The number of halogens is 1. The number of fused-ring (bicyclic) bond motifs is 1. The first-order valence-electron chi connectivity index (χ1n) is 8.87. The van der Waals surface area contributed by atoms with E-state index in [4.69, 9.17) is 11.6 Å². The Hall–Kier alpha value is -2.10. The average Bonchev–Trinajstić information content (AvgIpc) is 3.16. The van der Waals surface area contributed by atoms with Crippen molar-refractivity contribution in [1.82, 2.24) is 4.90 Å². The molecule has 1 aromatic heterocycles. The Morgan fingerprint density at radius 2 is 1.85 bits per heavy atom. The lowest BCUT2D eigenvalue weighted by molar-refractivity contribution is -0.133. The highest BCUT2D eigenvalue weighted by Crippen LogP contribution is 2.38. The molecule has 132 valence electrons. The summed E-state index contributed by atoms with van der Waals surface area (Å²) in [4.78, 5) is 16.5. The molecule has 1 aliphatic rings. The summed E-state index contributed by atoms with van der Waals surface area (Å²) in [6, 6.07) is 20.3. The molecule has 0 saturated heterocycles. The second-order valence-electron chi connectivity index (χ2n) is 6.58. The molecule has 0 aliphatic carbocycles. The van der Waals surface area contributed by atoms with Crippen molar-refractivity contribution in [2.75, 3.05) is 6.54 Å². The second kappa shape index (κ2) is 7.65. The van der Waals surface area contributed by atoms with Gasteiger partial charge in [-0.15, -0.1) is 11.3 Å². The average molecular weight is 382 g/mol. The van der Waals surface area contributed by atoms with Gasteiger partial charge in [-0.1, -0.05) is 54.1 Å². The van der Waals surface area contributed by atoms with Gasteiger partial charge in [0.25, 0.3) is 0 Å². The summed E-state index contributed by atoms with van der Waals surface area (Å²) in [7, 11) is 0. The number of hydrogen-bond donors (Lipinski definition) is 0. The molecule has 1 aliphatic heterocycles. The van der Waals surface area contributed by atoms with Gasteiger partial charge in [-0.05, 0) is 53.1 Å². The zero-order valence-electron chi connectivity index (χ0n) is 14.4. The van der Waals surface area contributed by atoms with E-state index in [2.05, 4.69) is 28.5 Å². The molecule has 2 heterocycles. The fourth-order valence-corrected chi connectivity index (χ4v) is 4.66. The van der Waals surface area contributed by atoms with E-state index in [1.807, 2.05) is 42.5 Å². The summed E-state index contributed by atoms with van der Waals surface area (Å²) >= 11 is 7.74. The summed E-state index contributed by atoms with van der Waals surface area (Å²) < 4.78 is 0. The summed E-state index contributed by atoms with van der Waals surface area (Å²) in [5, 5.41) is 2.87. The molecular weight excluding hydrogens is 362 g/mol. The van der Waals surface area contributed by atoms with Crippen LogP contribution in [0.3, 0.4) is 0 Å². The Kier molecular flexibility index (Phi) is 5.09. The monoisotopic (exact) mass is 381 g/mol. The van der Waals surface area contributed by atoms with Gasteiger partial charge < -0.3 is 4.90 Å². The van der Waals surface area contributed by atoms with Crippen molar-refractivity contribution >= 4 is 28.8 Å². The number of nitrogens with zero attached hydrogens (tertiary/aromatic N) is 1. The van der Waals surface area contributed by atoms with Crippen molar-refractivity contribution in [3.63, 3.8) is 0 Å². The normalized spacial score (nSPS) is 16.3. The van der Waals surface area contributed by atoms with E-state index in [1.54, 1.807) is 11.3 Å². The van der Waals surface area contributed by atoms with Crippen molar-refractivity contribution < 1.29 is 4.79 Å². The number of aryl methyl sites for hydroxylation is 1. The van der Waals surface area contributed by atoms with Crippen LogP contribution in [-0.4, -0.2) is 17.4 Å². The largest absolute Gasteiger partial charge is 0.331 e. The van der Waals surface area contributed by atoms with Gasteiger partial charge in [-0.25, -0.2) is 0 Å². The summed E-state index contributed by atoms with van der Waals surface area (Å²) in [5.41, 5.74) is 3.62. The van der Waals surface area contributed by atoms with E-state index in [1.165, 1.54) is 16.0 Å². The number of carbonyl (C=O) groups excluding carboxylic acids is 1. The van der Waals surface area contributed by atoms with Crippen molar-refractivity contribution in [2.24, 2.45) is 0 Å². The number of hydrogen-bond acceptors (Lipinski definition) is 2. The van der Waals surface area contributed by atoms with Gasteiger partial charge >= 0.3 is 0 Å². The molecule has 3 aromatic rings. The fourth-order valence-electron chi connectivity index (χ4n) is 3.63. The van der Waals surface area contributed by atoms with E-state index in [-0.39, 0.29) is 11.9 Å². The summed E-state index contributed by atoms with van der Waals surface area (Å²) in [6.07, 6.45) is 2.21. The van der Waals surface area contributed by atoms with Crippen LogP contribution in [0.5, 0.6) is 0 Å². The molecule has 1 atom stereocenters. The molecule has 26 heavy (non-hydrogen) atoms. The van der Waals surface area contributed by atoms with Crippen molar-refractivity contribution in [2.45, 2.75) is 25.3 Å². The summed E-state index contributed by atoms with van der Waals surface area (Å²) in [5.74, 6) is 0.214. The maximum atomic E-state index is 13.1. The van der Waals surface area contributed by atoms with E-state index >= 15 is 0 Å². The predicted molar refractivity (Wildman–Crippen MR) is 108 cm³/mol. The van der Waals surface area contributed by atoms with Crippen LogP contribution >= 0.6 is 22.9 Å². The standard InChI is InChI=1S/C22H20ClNOS/c23-18-9-6-16(7-10-18)8-11-21(25)24-14-12-20-19(13-15-26-20)22(24)17-4-2-1-3-5-17/h1-7,9-10,13,15,22H,8,11-12,14H2. The molecule has 0 radical (unpaired) electrons. The lowest BCUT2D eigenvalue weighted by atomic mass is 9.92. The van der Waals surface area contributed by atoms with Crippen molar-refractivity contribution in [1.29, 1.82) is 0 Å². The molecule has 2 nitrogen and oxygen atoms in total. The Morgan fingerprint density at radius 1 is 1.08 bits per heavy atom. The molecule has 0 spiro atoms. The zero-order chi connectivity index (χ0) is 17.9. The van der Waals surface area contributed by atoms with Crippen LogP contribution < -0.4 is 0 Å². The van der Waals surface area contributed by atoms with Crippen LogP contribution in [0.25, 0.3) is 0 Å². The zero-order valence-corrected chi connectivity index (χ0v) is 16.0. The number of rotatable bonds is 4. The Morgan fingerprint density at radius 3 is 2.62 bits per heavy atom. The molecule has 1 amide bonds. The Bertz CT molecular complexity index is 888. The van der Waals surface area contributed by atoms with E-state index in [0.717, 1.165) is 30.0 Å². The molecule has 0 fully saturated rings. The topological polar surface area (TPSA) is 20.3 Å². The van der Waals surface area contributed by atoms with Crippen LogP contribution in [0.15, 0.2) is 66.0 Å². The van der Waals surface area contributed by atoms with Crippen LogP contribution in [0, 0.1) is 0 Å². The third kappa shape index (κ3) is 3.55. The molecule has 2 aromatic carbocycles. The lowest BCUT2D eigenvalue weighted by Crippen LogP contribution is -2.40. The lowest BCUT2D eigenvalue weighted by Gasteiger charge is -2.36. The van der Waals surface area contributed by atoms with Gasteiger partial charge in [0.2, 0.25) is 5.91 Å². The van der Waals surface area contributed by atoms with Crippen LogP contribution in [0.4, 0.5) is 0 Å². The van der Waals surface area contributed by atoms with Gasteiger partial charge in [0, 0.05) is 22.9 Å². The molecule has 1 unspecified atom stereocenters. The predicted octanol–water partition coefficient (Wildman–Crippen LogP) is 5.51. The molecule has 4 rings (SSSR count). The Balaban J connectivity index is 1.56. The molecule has 4 heteroatoms. The minimum absolute atomic E-state index is 0.0314. The first kappa shape index (κ1) is 17.3. The number of amides is 1. The molecule has 0 bridgehead atoms. The van der Waals surface area contributed by atoms with Crippen LogP contribution in [0.2, 0.25) is 5.02 Å². The first-order valence-corrected chi connectivity index (χ1v) is 10.1. The highest BCUT2D eigenvalue weighted by molar-refractivity contribution is 7.10. The first-order chi connectivity index (χ1) is 12.7. The van der Waals surface area contributed by atoms with Crippen molar-refractivity contribution in [3.8, 4) is 0 Å². The van der Waals surface area contributed by atoms with Gasteiger partial charge in [-0.2, -0.15) is 0 Å². The SMILES string of the molecule is O=C(CCc1ccc(Cl)cc1)N1CCc2sccc2C1c1ccccc1. The highest BCUT2D eigenvalue weighted by Gasteiger charge is 2.32. The van der Waals surface area contributed by atoms with Crippen LogP contribution in [0.1, 0.15) is 34.0 Å². The number of benzene rings is 2.